The van der Waals surface area contributed by atoms with E-state index in [0.717, 1.165) is 16.4 Å². The van der Waals surface area contributed by atoms with E-state index in [1.807, 2.05) is 37.3 Å². The van der Waals surface area contributed by atoms with E-state index in [1.165, 1.54) is 21.9 Å². The summed E-state index contributed by atoms with van der Waals surface area (Å²) in [7, 11) is 0. The van der Waals surface area contributed by atoms with Crippen LogP contribution in [0.3, 0.4) is 0 Å². The van der Waals surface area contributed by atoms with Gasteiger partial charge in [0.25, 0.3) is 5.56 Å². The van der Waals surface area contributed by atoms with Crippen molar-refractivity contribution in [3.05, 3.63) is 58.0 Å². The molecule has 0 aliphatic carbocycles. The molecular formula is C19H21N5O3S. The van der Waals surface area contributed by atoms with Crippen molar-refractivity contribution in [3.63, 3.8) is 0 Å². The van der Waals surface area contributed by atoms with Gasteiger partial charge in [0, 0.05) is 37.9 Å². The molecule has 0 radical (unpaired) electrons. The predicted octanol–water partition coefficient (Wildman–Crippen LogP) is 2.17. The molecule has 1 aliphatic rings. The standard InChI is InChI=1S/C19H21N5O3S/c1-2-15-12-16(25)24-17(20-15)28-18(21-24)22-8-10-23(11-9-22)19(26)27-13-14-6-4-3-5-7-14/h3-7,12H,2,8-11,13H2,1H3. The third kappa shape index (κ3) is 3.84. The molecular weight excluding hydrogens is 378 g/mol. The van der Waals surface area contributed by atoms with Gasteiger partial charge in [-0.1, -0.05) is 48.6 Å². The lowest BCUT2D eigenvalue weighted by Gasteiger charge is -2.33. The average molecular weight is 399 g/mol. The first-order chi connectivity index (χ1) is 13.6. The number of amides is 1. The number of nitrogens with zero attached hydrogens (tertiary/aromatic N) is 5. The van der Waals surface area contributed by atoms with E-state index in [1.54, 1.807) is 4.90 Å². The lowest BCUT2D eigenvalue weighted by atomic mass is 10.2. The van der Waals surface area contributed by atoms with E-state index >= 15 is 0 Å². The maximum atomic E-state index is 12.3. The number of hydrogen-bond donors (Lipinski definition) is 0. The van der Waals surface area contributed by atoms with Crippen molar-refractivity contribution in [2.75, 3.05) is 31.1 Å². The number of anilines is 1. The smallest absolute Gasteiger partial charge is 0.410 e. The van der Waals surface area contributed by atoms with Crippen LogP contribution in [-0.2, 0) is 17.8 Å². The highest BCUT2D eigenvalue weighted by molar-refractivity contribution is 7.20. The second kappa shape index (κ2) is 7.97. The Balaban J connectivity index is 1.37. The molecule has 0 saturated carbocycles. The Labute approximate surface area is 166 Å². The van der Waals surface area contributed by atoms with E-state index in [4.69, 9.17) is 4.74 Å². The molecule has 2 aromatic heterocycles. The molecule has 0 N–H and O–H groups in total. The topological polar surface area (TPSA) is 80.0 Å². The van der Waals surface area contributed by atoms with Gasteiger partial charge in [-0.25, -0.2) is 9.78 Å². The number of carbonyl (C=O) groups excluding carboxylic acids is 1. The average Bonchev–Trinajstić information content (AvgIpc) is 3.17. The quantitative estimate of drug-likeness (QED) is 0.669. The van der Waals surface area contributed by atoms with Gasteiger partial charge in [-0.3, -0.25) is 4.79 Å². The molecule has 1 fully saturated rings. The van der Waals surface area contributed by atoms with Gasteiger partial charge in [-0.05, 0) is 12.0 Å². The maximum Gasteiger partial charge on any atom is 0.410 e. The van der Waals surface area contributed by atoms with Gasteiger partial charge >= 0.3 is 6.09 Å². The lowest BCUT2D eigenvalue weighted by Crippen LogP contribution is -2.49. The molecule has 1 aliphatic heterocycles. The van der Waals surface area contributed by atoms with Gasteiger partial charge in [0.2, 0.25) is 10.1 Å². The number of hydrogen-bond acceptors (Lipinski definition) is 7. The summed E-state index contributed by atoms with van der Waals surface area (Å²) < 4.78 is 6.74. The number of benzene rings is 1. The zero-order valence-electron chi connectivity index (χ0n) is 15.6. The molecule has 3 aromatic rings. The summed E-state index contributed by atoms with van der Waals surface area (Å²) in [6.07, 6.45) is 0.404. The van der Waals surface area contributed by atoms with Crippen molar-refractivity contribution in [3.8, 4) is 0 Å². The Morgan fingerprint density at radius 1 is 1.18 bits per heavy atom. The number of ether oxygens (including phenoxy) is 1. The molecule has 0 bridgehead atoms. The number of aromatic nitrogens is 3. The van der Waals surface area contributed by atoms with Gasteiger partial charge in [0.05, 0.1) is 0 Å². The molecule has 0 unspecified atom stereocenters. The summed E-state index contributed by atoms with van der Waals surface area (Å²) in [5, 5.41) is 5.15. The van der Waals surface area contributed by atoms with Crippen molar-refractivity contribution in [1.82, 2.24) is 19.5 Å². The summed E-state index contributed by atoms with van der Waals surface area (Å²) in [5.74, 6) is 0. The first kappa shape index (κ1) is 18.4. The fourth-order valence-electron chi connectivity index (χ4n) is 3.05. The van der Waals surface area contributed by atoms with Crippen LogP contribution in [0.4, 0.5) is 9.93 Å². The molecule has 3 heterocycles. The molecule has 1 saturated heterocycles. The summed E-state index contributed by atoms with van der Waals surface area (Å²) in [6.45, 7) is 4.60. The summed E-state index contributed by atoms with van der Waals surface area (Å²) in [6, 6.07) is 11.2. The van der Waals surface area contributed by atoms with Crippen LogP contribution in [0.2, 0.25) is 0 Å². The van der Waals surface area contributed by atoms with E-state index in [0.29, 0.717) is 37.6 Å². The van der Waals surface area contributed by atoms with Crippen LogP contribution in [0.5, 0.6) is 0 Å². The molecule has 9 heteroatoms. The largest absolute Gasteiger partial charge is 0.445 e. The van der Waals surface area contributed by atoms with Gasteiger partial charge in [0.1, 0.15) is 6.61 Å². The number of rotatable bonds is 4. The highest BCUT2D eigenvalue weighted by Crippen LogP contribution is 2.23. The minimum atomic E-state index is -0.307. The van der Waals surface area contributed by atoms with Crippen molar-refractivity contribution in [2.24, 2.45) is 0 Å². The molecule has 146 valence electrons. The minimum Gasteiger partial charge on any atom is -0.445 e. The summed E-state index contributed by atoms with van der Waals surface area (Å²) in [5.41, 5.74) is 1.58. The Morgan fingerprint density at radius 3 is 2.64 bits per heavy atom. The fraction of sp³-hybridized carbons (Fsp3) is 0.368. The zero-order chi connectivity index (χ0) is 19.5. The Kier molecular flexibility index (Phi) is 5.25. The van der Waals surface area contributed by atoms with Gasteiger partial charge in [-0.15, -0.1) is 5.10 Å². The molecule has 0 spiro atoms. The van der Waals surface area contributed by atoms with Crippen molar-refractivity contribution in [1.29, 1.82) is 0 Å². The minimum absolute atomic E-state index is 0.160. The SMILES string of the molecule is CCc1cc(=O)n2nc(N3CCN(C(=O)OCc4ccccc4)CC3)sc2n1. The van der Waals surface area contributed by atoms with Crippen LogP contribution in [0.15, 0.2) is 41.2 Å². The third-order valence-electron chi connectivity index (χ3n) is 4.66. The first-order valence-corrected chi connectivity index (χ1v) is 10.1. The normalized spacial score (nSPS) is 14.5. The number of piperazine rings is 1. The molecule has 1 amide bonds. The van der Waals surface area contributed by atoms with Crippen LogP contribution in [-0.4, -0.2) is 51.8 Å². The Hall–Kier alpha value is -2.94. The fourth-order valence-corrected chi connectivity index (χ4v) is 4.02. The molecule has 0 atom stereocenters. The molecule has 8 nitrogen and oxygen atoms in total. The second-order valence-corrected chi connectivity index (χ2v) is 7.47. The van der Waals surface area contributed by atoms with Crippen LogP contribution in [0, 0.1) is 0 Å². The Bertz CT molecular complexity index is 1020. The highest BCUT2D eigenvalue weighted by atomic mass is 32.1. The lowest BCUT2D eigenvalue weighted by molar-refractivity contribution is 0.0942. The van der Waals surface area contributed by atoms with Gasteiger partial charge < -0.3 is 14.5 Å². The number of aryl methyl sites for hydroxylation is 1. The van der Waals surface area contributed by atoms with Crippen molar-refractivity contribution >= 4 is 27.5 Å². The van der Waals surface area contributed by atoms with Gasteiger partial charge in [-0.2, -0.15) is 4.52 Å². The van der Waals surface area contributed by atoms with Crippen LogP contribution >= 0.6 is 11.3 Å². The number of carbonyl (C=O) groups is 1. The Morgan fingerprint density at radius 2 is 1.93 bits per heavy atom. The highest BCUT2D eigenvalue weighted by Gasteiger charge is 2.24. The first-order valence-electron chi connectivity index (χ1n) is 9.24. The summed E-state index contributed by atoms with van der Waals surface area (Å²) >= 11 is 1.40. The van der Waals surface area contributed by atoms with Crippen LogP contribution in [0.1, 0.15) is 18.2 Å². The zero-order valence-corrected chi connectivity index (χ0v) is 16.4. The van der Waals surface area contributed by atoms with E-state index < -0.39 is 0 Å². The molecule has 28 heavy (non-hydrogen) atoms. The van der Waals surface area contributed by atoms with Gasteiger partial charge in [0.15, 0.2) is 0 Å². The van der Waals surface area contributed by atoms with Crippen molar-refractivity contribution < 1.29 is 9.53 Å². The van der Waals surface area contributed by atoms with Crippen LogP contribution < -0.4 is 10.5 Å². The molecule has 1 aromatic carbocycles. The van der Waals surface area contributed by atoms with E-state index in [-0.39, 0.29) is 18.3 Å². The molecule has 4 rings (SSSR count). The summed E-state index contributed by atoms with van der Waals surface area (Å²) in [4.78, 5) is 33.3. The predicted molar refractivity (Wildman–Crippen MR) is 107 cm³/mol. The number of fused-ring (bicyclic) bond motifs is 1. The van der Waals surface area contributed by atoms with Crippen molar-refractivity contribution in [2.45, 2.75) is 20.0 Å². The van der Waals surface area contributed by atoms with E-state index in [9.17, 15) is 9.59 Å². The third-order valence-corrected chi connectivity index (χ3v) is 5.63. The second-order valence-electron chi connectivity index (χ2n) is 6.53. The maximum absolute atomic E-state index is 12.3. The van der Waals surface area contributed by atoms with Crippen LogP contribution in [0.25, 0.3) is 4.96 Å². The van der Waals surface area contributed by atoms with E-state index in [2.05, 4.69) is 15.0 Å². The monoisotopic (exact) mass is 399 g/mol.